The highest BCUT2D eigenvalue weighted by Crippen LogP contribution is 2.26. The summed E-state index contributed by atoms with van der Waals surface area (Å²) in [7, 11) is 0. The number of nitrogens with one attached hydrogen (secondary N) is 1. The highest BCUT2D eigenvalue weighted by Gasteiger charge is 2.26. The molecule has 19 heavy (non-hydrogen) atoms. The molecule has 6 heteroatoms. The maximum absolute atomic E-state index is 6.13. The van der Waals surface area contributed by atoms with Gasteiger partial charge in [0.2, 0.25) is 5.95 Å². The van der Waals surface area contributed by atoms with Gasteiger partial charge in [-0.25, -0.2) is 0 Å². The second-order valence-electron chi connectivity index (χ2n) is 5.78. The first kappa shape index (κ1) is 12.9. The Morgan fingerprint density at radius 3 is 2.84 bits per heavy atom. The zero-order chi connectivity index (χ0) is 13.2. The van der Waals surface area contributed by atoms with E-state index in [-0.39, 0.29) is 6.04 Å². The Morgan fingerprint density at radius 1 is 1.32 bits per heavy atom. The molecular formula is C13H23N5O. The number of hydrogen-bond acceptors (Lipinski definition) is 5. The molecule has 2 unspecified atom stereocenters. The van der Waals surface area contributed by atoms with Crippen LogP contribution in [0.5, 0.6) is 0 Å². The van der Waals surface area contributed by atoms with Gasteiger partial charge in [-0.2, -0.15) is 4.98 Å². The van der Waals surface area contributed by atoms with Gasteiger partial charge in [-0.1, -0.05) is 6.92 Å². The molecule has 2 fully saturated rings. The van der Waals surface area contributed by atoms with Crippen LogP contribution in [0.4, 0.5) is 5.95 Å². The van der Waals surface area contributed by atoms with Crippen molar-refractivity contribution in [3.63, 3.8) is 0 Å². The van der Waals surface area contributed by atoms with Crippen LogP contribution in [0.1, 0.15) is 37.9 Å². The molecule has 0 aliphatic carbocycles. The van der Waals surface area contributed by atoms with Crippen molar-refractivity contribution in [2.45, 2.75) is 38.1 Å². The predicted octanol–water partition coefficient (Wildman–Crippen LogP) is 0.872. The summed E-state index contributed by atoms with van der Waals surface area (Å²) < 4.78 is 5.38. The van der Waals surface area contributed by atoms with Gasteiger partial charge in [0.25, 0.3) is 0 Å². The molecule has 3 rings (SSSR count). The van der Waals surface area contributed by atoms with E-state index < -0.39 is 0 Å². The van der Waals surface area contributed by atoms with Crippen molar-refractivity contribution in [3.05, 3.63) is 5.82 Å². The van der Waals surface area contributed by atoms with Crippen LogP contribution in [0.3, 0.4) is 0 Å². The molecule has 2 saturated heterocycles. The van der Waals surface area contributed by atoms with E-state index in [0.717, 1.165) is 57.3 Å². The number of anilines is 1. The smallest absolute Gasteiger partial charge is 0.244 e. The van der Waals surface area contributed by atoms with E-state index in [1.165, 1.54) is 0 Å². The van der Waals surface area contributed by atoms with Crippen LogP contribution in [0.15, 0.2) is 0 Å². The molecule has 2 aliphatic rings. The first-order chi connectivity index (χ1) is 9.24. The summed E-state index contributed by atoms with van der Waals surface area (Å²) in [6.07, 6.45) is 3.18. The summed E-state index contributed by atoms with van der Waals surface area (Å²) in [6, 6.07) is 0.221. The largest absolute Gasteiger partial charge is 0.381 e. The van der Waals surface area contributed by atoms with Gasteiger partial charge < -0.3 is 15.4 Å². The minimum atomic E-state index is 0.221. The monoisotopic (exact) mass is 265 g/mol. The number of aromatic amines is 1. The molecule has 0 spiro atoms. The third-order valence-corrected chi connectivity index (χ3v) is 4.40. The summed E-state index contributed by atoms with van der Waals surface area (Å²) >= 11 is 0. The minimum Gasteiger partial charge on any atom is -0.381 e. The molecule has 6 nitrogen and oxygen atoms in total. The lowest BCUT2D eigenvalue weighted by Gasteiger charge is -2.34. The predicted molar refractivity (Wildman–Crippen MR) is 73.1 cm³/mol. The van der Waals surface area contributed by atoms with Gasteiger partial charge in [0.15, 0.2) is 0 Å². The SMILES string of the molecule is CC1CCN(c2n[nH]c(C3CCOCC3)n2)CC1N. The fourth-order valence-corrected chi connectivity index (χ4v) is 2.84. The average molecular weight is 265 g/mol. The molecule has 2 aliphatic heterocycles. The van der Waals surface area contributed by atoms with Crippen LogP contribution in [-0.4, -0.2) is 47.5 Å². The van der Waals surface area contributed by atoms with E-state index in [9.17, 15) is 0 Å². The maximum atomic E-state index is 6.13. The highest BCUT2D eigenvalue weighted by atomic mass is 16.5. The fraction of sp³-hybridized carbons (Fsp3) is 0.846. The molecule has 0 saturated carbocycles. The number of nitrogens with zero attached hydrogens (tertiary/aromatic N) is 3. The molecule has 106 valence electrons. The minimum absolute atomic E-state index is 0.221. The average Bonchev–Trinajstić information content (AvgIpc) is 2.93. The topological polar surface area (TPSA) is 80.1 Å². The Bertz CT molecular complexity index is 415. The molecule has 3 N–H and O–H groups in total. The first-order valence-corrected chi connectivity index (χ1v) is 7.24. The number of H-pyrrole nitrogens is 1. The van der Waals surface area contributed by atoms with Gasteiger partial charge in [-0.05, 0) is 25.2 Å². The highest BCUT2D eigenvalue weighted by molar-refractivity contribution is 5.30. The Hall–Kier alpha value is -1.14. The number of hydrogen-bond donors (Lipinski definition) is 2. The number of aromatic nitrogens is 3. The van der Waals surface area contributed by atoms with E-state index in [1.807, 2.05) is 0 Å². The van der Waals surface area contributed by atoms with E-state index >= 15 is 0 Å². The summed E-state index contributed by atoms with van der Waals surface area (Å²) in [5.41, 5.74) is 6.13. The Labute approximate surface area is 113 Å². The molecule has 0 bridgehead atoms. The molecular weight excluding hydrogens is 242 g/mol. The van der Waals surface area contributed by atoms with Crippen molar-refractivity contribution < 1.29 is 4.74 Å². The summed E-state index contributed by atoms with van der Waals surface area (Å²) in [6.45, 7) is 5.72. The molecule has 1 aromatic rings. The van der Waals surface area contributed by atoms with Gasteiger partial charge >= 0.3 is 0 Å². The number of piperidine rings is 1. The number of rotatable bonds is 2. The van der Waals surface area contributed by atoms with Crippen LogP contribution in [-0.2, 0) is 4.74 Å². The lowest BCUT2D eigenvalue weighted by molar-refractivity contribution is 0.0836. The van der Waals surface area contributed by atoms with Gasteiger partial charge in [-0.15, -0.1) is 5.10 Å². The van der Waals surface area contributed by atoms with Crippen molar-refractivity contribution >= 4 is 5.95 Å². The van der Waals surface area contributed by atoms with Crippen LogP contribution in [0.2, 0.25) is 0 Å². The fourth-order valence-electron chi connectivity index (χ4n) is 2.84. The van der Waals surface area contributed by atoms with Crippen LogP contribution >= 0.6 is 0 Å². The van der Waals surface area contributed by atoms with Gasteiger partial charge in [-0.3, -0.25) is 5.10 Å². The number of ether oxygens (including phenoxy) is 1. The second kappa shape index (κ2) is 5.46. The molecule has 0 amide bonds. The first-order valence-electron chi connectivity index (χ1n) is 7.24. The van der Waals surface area contributed by atoms with Gasteiger partial charge in [0, 0.05) is 38.3 Å². The number of nitrogens with two attached hydrogens (primary N) is 1. The summed E-state index contributed by atoms with van der Waals surface area (Å²) in [5, 5.41) is 7.47. The maximum Gasteiger partial charge on any atom is 0.244 e. The summed E-state index contributed by atoms with van der Waals surface area (Å²) in [4.78, 5) is 6.86. The van der Waals surface area contributed by atoms with Crippen molar-refractivity contribution in [2.24, 2.45) is 11.7 Å². The third kappa shape index (κ3) is 2.74. The van der Waals surface area contributed by atoms with E-state index in [4.69, 9.17) is 10.5 Å². The van der Waals surface area contributed by atoms with Crippen molar-refractivity contribution in [3.8, 4) is 0 Å². The third-order valence-electron chi connectivity index (χ3n) is 4.40. The Balaban J connectivity index is 1.67. The Kier molecular flexibility index (Phi) is 3.70. The molecule has 0 aromatic carbocycles. The van der Waals surface area contributed by atoms with Crippen LogP contribution in [0, 0.1) is 5.92 Å². The molecule has 3 heterocycles. The lowest BCUT2D eigenvalue weighted by atomic mass is 9.94. The van der Waals surface area contributed by atoms with E-state index in [0.29, 0.717) is 11.8 Å². The quantitative estimate of drug-likeness (QED) is 0.829. The second-order valence-corrected chi connectivity index (χ2v) is 5.78. The molecule has 1 aromatic heterocycles. The van der Waals surface area contributed by atoms with Crippen LogP contribution < -0.4 is 10.6 Å². The van der Waals surface area contributed by atoms with E-state index in [1.54, 1.807) is 0 Å². The molecule has 2 atom stereocenters. The van der Waals surface area contributed by atoms with E-state index in [2.05, 4.69) is 27.0 Å². The standard InChI is InChI=1S/C13H23N5O/c1-9-2-5-18(8-11(9)14)13-15-12(16-17-13)10-3-6-19-7-4-10/h9-11H,2-8,14H2,1H3,(H,15,16,17). The van der Waals surface area contributed by atoms with Crippen molar-refractivity contribution in [1.29, 1.82) is 0 Å². The summed E-state index contributed by atoms with van der Waals surface area (Å²) in [5.74, 6) is 2.87. The van der Waals surface area contributed by atoms with Crippen molar-refractivity contribution in [2.75, 3.05) is 31.2 Å². The van der Waals surface area contributed by atoms with Gasteiger partial charge in [0.1, 0.15) is 5.82 Å². The zero-order valence-corrected chi connectivity index (χ0v) is 11.5. The Morgan fingerprint density at radius 2 is 2.11 bits per heavy atom. The van der Waals surface area contributed by atoms with Crippen molar-refractivity contribution in [1.82, 2.24) is 15.2 Å². The zero-order valence-electron chi connectivity index (χ0n) is 11.5. The van der Waals surface area contributed by atoms with Gasteiger partial charge in [0.05, 0.1) is 0 Å². The van der Waals surface area contributed by atoms with Crippen LogP contribution in [0.25, 0.3) is 0 Å². The molecule has 0 radical (unpaired) electrons. The normalized spacial score (nSPS) is 29.7. The lowest BCUT2D eigenvalue weighted by Crippen LogP contribution is -2.48.